The Kier molecular flexibility index (Phi) is 2.85. The molecule has 4 rings (SSSR count). The van der Waals surface area contributed by atoms with E-state index in [0.717, 1.165) is 28.9 Å². The molecule has 1 aliphatic carbocycles. The van der Waals surface area contributed by atoms with Gasteiger partial charge in [-0.15, -0.1) is 11.3 Å². The smallest absolute Gasteiger partial charge is 0.166 e. The van der Waals surface area contributed by atoms with E-state index in [2.05, 4.69) is 20.3 Å². The third kappa shape index (κ3) is 1.90. The molecule has 0 atom stereocenters. The summed E-state index contributed by atoms with van der Waals surface area (Å²) in [6.07, 6.45) is 6.13. The van der Waals surface area contributed by atoms with Gasteiger partial charge in [0, 0.05) is 18.1 Å². The number of anilines is 1. The van der Waals surface area contributed by atoms with E-state index in [9.17, 15) is 4.39 Å². The molecular weight excluding hydrogens is 287 g/mol. The number of nitrogens with zero attached hydrogens (tertiary/aromatic N) is 3. The second-order valence-electron chi connectivity index (χ2n) is 5.04. The molecule has 0 saturated carbocycles. The van der Waals surface area contributed by atoms with Gasteiger partial charge in [0.15, 0.2) is 11.6 Å². The average molecular weight is 300 g/mol. The number of aryl methyl sites for hydroxylation is 2. The van der Waals surface area contributed by atoms with Crippen molar-refractivity contribution in [1.29, 1.82) is 0 Å². The Hall–Kier alpha value is -2.08. The predicted octanol–water partition coefficient (Wildman–Crippen LogP) is 3.42. The summed E-state index contributed by atoms with van der Waals surface area (Å²) in [6, 6.07) is 1.61. The van der Waals surface area contributed by atoms with E-state index < -0.39 is 5.82 Å². The number of hydrogen-bond acceptors (Lipinski definition) is 5. The van der Waals surface area contributed by atoms with Gasteiger partial charge in [-0.05, 0) is 30.9 Å². The number of fused-ring (bicyclic) bond motifs is 3. The van der Waals surface area contributed by atoms with E-state index in [-0.39, 0.29) is 0 Å². The van der Waals surface area contributed by atoms with Crippen LogP contribution in [-0.4, -0.2) is 22.0 Å². The normalized spacial score (nSPS) is 13.6. The van der Waals surface area contributed by atoms with Crippen molar-refractivity contribution in [2.24, 2.45) is 0 Å². The number of pyridine rings is 1. The first-order valence-electron chi connectivity index (χ1n) is 6.88. The van der Waals surface area contributed by atoms with Crippen LogP contribution in [0.4, 0.5) is 10.2 Å². The second-order valence-corrected chi connectivity index (χ2v) is 6.12. The Balaban J connectivity index is 1.99. The summed E-state index contributed by atoms with van der Waals surface area (Å²) in [7, 11) is 1.84. The minimum atomic E-state index is -0.400. The van der Waals surface area contributed by atoms with Crippen LogP contribution in [0.2, 0.25) is 0 Å². The van der Waals surface area contributed by atoms with Gasteiger partial charge in [0.1, 0.15) is 10.6 Å². The zero-order valence-corrected chi connectivity index (χ0v) is 12.3. The van der Waals surface area contributed by atoms with Crippen LogP contribution in [-0.2, 0) is 12.8 Å². The lowest BCUT2D eigenvalue weighted by Crippen LogP contribution is -1.99. The number of halogens is 1. The zero-order chi connectivity index (χ0) is 14.4. The van der Waals surface area contributed by atoms with Crippen molar-refractivity contribution in [2.75, 3.05) is 12.4 Å². The Bertz CT molecular complexity index is 843. The molecule has 6 heteroatoms. The van der Waals surface area contributed by atoms with Crippen molar-refractivity contribution in [3.8, 4) is 11.4 Å². The first kappa shape index (κ1) is 12.6. The van der Waals surface area contributed by atoms with Gasteiger partial charge in [-0.25, -0.2) is 14.4 Å². The minimum Gasteiger partial charge on any atom is -0.372 e. The van der Waals surface area contributed by atoms with Crippen LogP contribution in [0.3, 0.4) is 0 Å². The van der Waals surface area contributed by atoms with E-state index in [1.54, 1.807) is 23.6 Å². The Morgan fingerprint density at radius 1 is 1.29 bits per heavy atom. The van der Waals surface area contributed by atoms with E-state index in [1.807, 2.05) is 7.05 Å². The molecule has 0 saturated heterocycles. The molecule has 3 aromatic rings. The van der Waals surface area contributed by atoms with Crippen LogP contribution in [0.1, 0.15) is 16.9 Å². The van der Waals surface area contributed by atoms with E-state index in [0.29, 0.717) is 11.4 Å². The largest absolute Gasteiger partial charge is 0.372 e. The number of rotatable bonds is 2. The van der Waals surface area contributed by atoms with Crippen LogP contribution in [0, 0.1) is 5.82 Å². The van der Waals surface area contributed by atoms with E-state index in [4.69, 9.17) is 0 Å². The van der Waals surface area contributed by atoms with Gasteiger partial charge in [-0.2, -0.15) is 0 Å². The highest BCUT2D eigenvalue weighted by atomic mass is 32.1. The van der Waals surface area contributed by atoms with Gasteiger partial charge in [0.2, 0.25) is 0 Å². The van der Waals surface area contributed by atoms with Crippen molar-refractivity contribution in [1.82, 2.24) is 15.0 Å². The maximum Gasteiger partial charge on any atom is 0.166 e. The molecule has 0 amide bonds. The summed E-state index contributed by atoms with van der Waals surface area (Å²) in [4.78, 5) is 15.2. The number of nitrogens with one attached hydrogen (secondary N) is 1. The van der Waals surface area contributed by atoms with Crippen molar-refractivity contribution >= 4 is 27.4 Å². The molecule has 1 N–H and O–H groups in total. The molecule has 3 heterocycles. The summed E-state index contributed by atoms with van der Waals surface area (Å²) in [6.45, 7) is 0. The lowest BCUT2D eigenvalue weighted by molar-refractivity contribution is 0.624. The highest BCUT2D eigenvalue weighted by molar-refractivity contribution is 7.19. The Morgan fingerprint density at radius 3 is 3.00 bits per heavy atom. The number of hydrogen-bond donors (Lipinski definition) is 1. The van der Waals surface area contributed by atoms with Crippen LogP contribution in [0.5, 0.6) is 0 Å². The molecule has 0 radical (unpaired) electrons. The second kappa shape index (κ2) is 4.73. The third-order valence-corrected chi connectivity index (χ3v) is 5.00. The molecule has 3 aromatic heterocycles. The number of aromatic nitrogens is 3. The fraction of sp³-hybridized carbons (Fsp3) is 0.267. The SMILES string of the molecule is CNc1nc(-c2ccncc2F)nc2sc3c(c12)CCC3. The highest BCUT2D eigenvalue weighted by Gasteiger charge is 2.22. The summed E-state index contributed by atoms with van der Waals surface area (Å²) in [5.74, 6) is 0.792. The van der Waals surface area contributed by atoms with Crippen LogP contribution in [0.15, 0.2) is 18.5 Å². The average Bonchev–Trinajstić information content (AvgIpc) is 3.07. The van der Waals surface area contributed by atoms with Gasteiger partial charge < -0.3 is 5.32 Å². The third-order valence-electron chi connectivity index (χ3n) is 3.81. The lowest BCUT2D eigenvalue weighted by atomic mass is 10.1. The molecule has 0 bridgehead atoms. The highest BCUT2D eigenvalue weighted by Crippen LogP contribution is 2.40. The van der Waals surface area contributed by atoms with Crippen molar-refractivity contribution in [3.05, 3.63) is 34.7 Å². The van der Waals surface area contributed by atoms with Crippen LogP contribution in [0.25, 0.3) is 21.6 Å². The minimum absolute atomic E-state index is 0.386. The Morgan fingerprint density at radius 2 is 2.19 bits per heavy atom. The summed E-state index contributed by atoms with van der Waals surface area (Å²) in [5.41, 5.74) is 1.75. The van der Waals surface area contributed by atoms with Crippen molar-refractivity contribution in [3.63, 3.8) is 0 Å². The molecule has 0 aromatic carbocycles. The molecule has 0 aliphatic heterocycles. The van der Waals surface area contributed by atoms with Gasteiger partial charge in [-0.1, -0.05) is 0 Å². The summed E-state index contributed by atoms with van der Waals surface area (Å²) in [5, 5.41) is 4.24. The zero-order valence-electron chi connectivity index (χ0n) is 11.5. The van der Waals surface area contributed by atoms with Gasteiger partial charge in [0.05, 0.1) is 17.1 Å². The first-order chi connectivity index (χ1) is 10.3. The molecule has 106 valence electrons. The molecule has 21 heavy (non-hydrogen) atoms. The van der Waals surface area contributed by atoms with E-state index in [1.165, 1.54) is 23.1 Å². The van der Waals surface area contributed by atoms with Crippen molar-refractivity contribution in [2.45, 2.75) is 19.3 Å². The topological polar surface area (TPSA) is 50.7 Å². The quantitative estimate of drug-likeness (QED) is 0.788. The van der Waals surface area contributed by atoms with Gasteiger partial charge in [-0.3, -0.25) is 4.98 Å². The van der Waals surface area contributed by atoms with Gasteiger partial charge >= 0.3 is 0 Å². The molecule has 0 fully saturated rings. The summed E-state index contributed by atoms with van der Waals surface area (Å²) < 4.78 is 13.9. The molecular formula is C15H13FN4S. The maximum atomic E-state index is 13.9. The fourth-order valence-electron chi connectivity index (χ4n) is 2.85. The molecule has 1 aliphatic rings. The molecule has 0 spiro atoms. The molecule has 0 unspecified atom stereocenters. The van der Waals surface area contributed by atoms with Gasteiger partial charge in [0.25, 0.3) is 0 Å². The monoisotopic (exact) mass is 300 g/mol. The number of thiophene rings is 1. The summed E-state index contributed by atoms with van der Waals surface area (Å²) >= 11 is 1.70. The predicted molar refractivity (Wildman–Crippen MR) is 82.2 cm³/mol. The first-order valence-corrected chi connectivity index (χ1v) is 7.69. The van der Waals surface area contributed by atoms with Crippen molar-refractivity contribution < 1.29 is 4.39 Å². The fourth-order valence-corrected chi connectivity index (χ4v) is 4.11. The maximum absolute atomic E-state index is 13.9. The van der Waals surface area contributed by atoms with Crippen LogP contribution >= 0.6 is 11.3 Å². The lowest BCUT2D eigenvalue weighted by Gasteiger charge is -2.07. The molecule has 4 nitrogen and oxygen atoms in total. The standard InChI is InChI=1S/C15H13FN4S/c1-17-14-12-9-3-2-4-11(9)21-15(12)20-13(19-14)8-5-6-18-7-10(8)16/h5-7H,2-4H2,1H3,(H,17,19,20). The van der Waals surface area contributed by atoms with Crippen LogP contribution < -0.4 is 5.32 Å². The van der Waals surface area contributed by atoms with E-state index >= 15 is 0 Å². The Labute approximate surface area is 125 Å².